The number of hydrogen-bond donors (Lipinski definition) is 0. The van der Waals surface area contributed by atoms with E-state index < -0.39 is 0 Å². The van der Waals surface area contributed by atoms with Crippen LogP contribution in [0.15, 0.2) is 24.3 Å². The first-order chi connectivity index (χ1) is 11.7. The number of piperidine rings is 1. The standard InChI is InChI=1S/C19H27FN2O2/c20-18-7-5-16(6-8-18)3-4-17-2-1-9-21(14-17)15-19(23)22-10-12-24-13-11-22/h5-8,17H,1-4,9-15H2. The van der Waals surface area contributed by atoms with Crippen molar-refractivity contribution in [1.82, 2.24) is 9.80 Å². The molecule has 0 radical (unpaired) electrons. The number of benzene rings is 1. The lowest BCUT2D eigenvalue weighted by molar-refractivity contribution is -0.136. The molecule has 0 N–H and O–H groups in total. The molecular formula is C19H27FN2O2. The summed E-state index contributed by atoms with van der Waals surface area (Å²) in [5.41, 5.74) is 1.19. The zero-order chi connectivity index (χ0) is 16.8. The lowest BCUT2D eigenvalue weighted by Gasteiger charge is -2.34. The Hall–Kier alpha value is -1.46. The summed E-state index contributed by atoms with van der Waals surface area (Å²) < 4.78 is 18.3. The van der Waals surface area contributed by atoms with Gasteiger partial charge in [0.2, 0.25) is 5.91 Å². The van der Waals surface area contributed by atoms with E-state index in [2.05, 4.69) is 4.90 Å². The maximum absolute atomic E-state index is 13.0. The van der Waals surface area contributed by atoms with Gasteiger partial charge in [-0.3, -0.25) is 9.69 Å². The van der Waals surface area contributed by atoms with Gasteiger partial charge in [-0.2, -0.15) is 0 Å². The molecule has 5 heteroatoms. The maximum Gasteiger partial charge on any atom is 0.236 e. The van der Waals surface area contributed by atoms with Crippen LogP contribution in [0, 0.1) is 11.7 Å². The highest BCUT2D eigenvalue weighted by molar-refractivity contribution is 5.78. The SMILES string of the molecule is O=C(CN1CCCC(CCc2ccc(F)cc2)C1)N1CCOCC1. The van der Waals surface area contributed by atoms with Crippen molar-refractivity contribution in [2.45, 2.75) is 25.7 Å². The molecule has 1 unspecified atom stereocenters. The Morgan fingerprint density at radius 1 is 1.17 bits per heavy atom. The highest BCUT2D eigenvalue weighted by Gasteiger charge is 2.24. The smallest absolute Gasteiger partial charge is 0.236 e. The van der Waals surface area contributed by atoms with E-state index in [1.165, 1.54) is 24.1 Å². The molecule has 3 rings (SSSR count). The van der Waals surface area contributed by atoms with Gasteiger partial charge in [-0.25, -0.2) is 4.39 Å². The maximum atomic E-state index is 13.0. The number of carbonyl (C=O) groups excluding carboxylic acids is 1. The fourth-order valence-electron chi connectivity index (χ4n) is 3.66. The van der Waals surface area contributed by atoms with Crippen LogP contribution < -0.4 is 0 Å². The first-order valence-electron chi connectivity index (χ1n) is 9.03. The monoisotopic (exact) mass is 334 g/mol. The van der Waals surface area contributed by atoms with Gasteiger partial charge in [-0.05, 0) is 55.8 Å². The Bertz CT molecular complexity index is 529. The zero-order valence-electron chi connectivity index (χ0n) is 14.3. The Labute approximate surface area is 143 Å². The minimum Gasteiger partial charge on any atom is -0.378 e. The molecule has 0 bridgehead atoms. The molecule has 2 fully saturated rings. The van der Waals surface area contributed by atoms with Gasteiger partial charge in [0, 0.05) is 19.6 Å². The van der Waals surface area contributed by atoms with Crippen LogP contribution in [-0.2, 0) is 16.0 Å². The molecule has 1 aromatic rings. The molecule has 0 saturated carbocycles. The lowest BCUT2D eigenvalue weighted by Crippen LogP contribution is -2.47. The number of likely N-dealkylation sites (tertiary alicyclic amines) is 1. The van der Waals surface area contributed by atoms with Crippen molar-refractivity contribution in [3.63, 3.8) is 0 Å². The van der Waals surface area contributed by atoms with Crippen molar-refractivity contribution in [1.29, 1.82) is 0 Å². The quantitative estimate of drug-likeness (QED) is 0.828. The van der Waals surface area contributed by atoms with Crippen LogP contribution in [-0.4, -0.2) is 61.6 Å². The van der Waals surface area contributed by atoms with Gasteiger partial charge in [-0.15, -0.1) is 0 Å². The minimum atomic E-state index is -0.177. The molecule has 2 aliphatic rings. The average Bonchev–Trinajstić information content (AvgIpc) is 2.62. The van der Waals surface area contributed by atoms with Crippen LogP contribution in [0.25, 0.3) is 0 Å². The van der Waals surface area contributed by atoms with Crippen LogP contribution in [0.2, 0.25) is 0 Å². The largest absolute Gasteiger partial charge is 0.378 e. The van der Waals surface area contributed by atoms with Gasteiger partial charge in [0.05, 0.1) is 19.8 Å². The molecule has 2 aliphatic heterocycles. The highest BCUT2D eigenvalue weighted by Crippen LogP contribution is 2.21. The Morgan fingerprint density at radius 2 is 1.92 bits per heavy atom. The second kappa shape index (κ2) is 8.58. The van der Waals surface area contributed by atoms with Gasteiger partial charge in [0.25, 0.3) is 0 Å². The molecule has 1 atom stereocenters. The van der Waals surface area contributed by atoms with E-state index >= 15 is 0 Å². The van der Waals surface area contributed by atoms with Crippen molar-refractivity contribution in [3.8, 4) is 0 Å². The van der Waals surface area contributed by atoms with E-state index in [0.29, 0.717) is 25.7 Å². The van der Waals surface area contributed by atoms with Crippen LogP contribution in [0.4, 0.5) is 4.39 Å². The normalized spacial score (nSPS) is 22.5. The number of carbonyl (C=O) groups is 1. The Balaban J connectivity index is 1.43. The number of nitrogens with zero attached hydrogens (tertiary/aromatic N) is 2. The molecule has 24 heavy (non-hydrogen) atoms. The summed E-state index contributed by atoms with van der Waals surface area (Å²) in [5.74, 6) is 0.683. The predicted octanol–water partition coefficient (Wildman–Crippen LogP) is 2.33. The molecule has 2 saturated heterocycles. The molecule has 0 spiro atoms. The number of halogens is 1. The van der Waals surface area contributed by atoms with Crippen LogP contribution in [0.1, 0.15) is 24.8 Å². The first kappa shape index (κ1) is 17.4. The fourth-order valence-corrected chi connectivity index (χ4v) is 3.66. The van der Waals surface area contributed by atoms with Gasteiger partial charge in [0.15, 0.2) is 0 Å². The summed E-state index contributed by atoms with van der Waals surface area (Å²) in [4.78, 5) is 16.6. The summed E-state index contributed by atoms with van der Waals surface area (Å²) >= 11 is 0. The summed E-state index contributed by atoms with van der Waals surface area (Å²) in [6.07, 6.45) is 4.47. The minimum absolute atomic E-state index is 0.177. The van der Waals surface area contributed by atoms with E-state index in [-0.39, 0.29) is 11.7 Å². The average molecular weight is 334 g/mol. The second-order valence-corrected chi connectivity index (χ2v) is 6.90. The van der Waals surface area contributed by atoms with Crippen LogP contribution >= 0.6 is 0 Å². The first-order valence-corrected chi connectivity index (χ1v) is 9.03. The van der Waals surface area contributed by atoms with Crippen LogP contribution in [0.3, 0.4) is 0 Å². The van der Waals surface area contributed by atoms with Crippen molar-refractivity contribution in [3.05, 3.63) is 35.6 Å². The molecule has 4 nitrogen and oxygen atoms in total. The van der Waals surface area contributed by atoms with E-state index in [1.807, 2.05) is 17.0 Å². The van der Waals surface area contributed by atoms with E-state index in [9.17, 15) is 9.18 Å². The van der Waals surface area contributed by atoms with Crippen molar-refractivity contribution in [2.24, 2.45) is 5.92 Å². The third-order valence-electron chi connectivity index (χ3n) is 5.08. The molecule has 0 aromatic heterocycles. The number of rotatable bonds is 5. The topological polar surface area (TPSA) is 32.8 Å². The van der Waals surface area contributed by atoms with Crippen molar-refractivity contribution < 1.29 is 13.9 Å². The molecule has 1 aromatic carbocycles. The zero-order valence-corrected chi connectivity index (χ0v) is 14.3. The molecule has 2 heterocycles. The Kier molecular flexibility index (Phi) is 6.21. The van der Waals surface area contributed by atoms with Crippen molar-refractivity contribution >= 4 is 5.91 Å². The van der Waals surface area contributed by atoms with Crippen LogP contribution in [0.5, 0.6) is 0 Å². The van der Waals surface area contributed by atoms with Gasteiger partial charge in [0.1, 0.15) is 5.82 Å². The van der Waals surface area contributed by atoms with E-state index in [0.717, 1.165) is 45.4 Å². The highest BCUT2D eigenvalue weighted by atomic mass is 19.1. The number of ether oxygens (including phenoxy) is 1. The molecule has 0 aliphatic carbocycles. The van der Waals surface area contributed by atoms with E-state index in [4.69, 9.17) is 4.74 Å². The summed E-state index contributed by atoms with van der Waals surface area (Å²) in [5, 5.41) is 0. The number of aryl methyl sites for hydroxylation is 1. The number of amides is 1. The third kappa shape index (κ3) is 5.02. The Morgan fingerprint density at radius 3 is 2.67 bits per heavy atom. The van der Waals surface area contributed by atoms with Crippen molar-refractivity contribution in [2.75, 3.05) is 45.9 Å². The number of hydrogen-bond acceptors (Lipinski definition) is 3. The second-order valence-electron chi connectivity index (χ2n) is 6.90. The lowest BCUT2D eigenvalue weighted by atomic mass is 9.91. The summed E-state index contributed by atoms with van der Waals surface area (Å²) in [6, 6.07) is 6.81. The predicted molar refractivity (Wildman–Crippen MR) is 91.3 cm³/mol. The number of morpholine rings is 1. The van der Waals surface area contributed by atoms with Gasteiger partial charge >= 0.3 is 0 Å². The third-order valence-corrected chi connectivity index (χ3v) is 5.08. The fraction of sp³-hybridized carbons (Fsp3) is 0.632. The summed E-state index contributed by atoms with van der Waals surface area (Å²) in [6.45, 7) is 5.31. The molecule has 132 valence electrons. The van der Waals surface area contributed by atoms with E-state index in [1.54, 1.807) is 0 Å². The van der Waals surface area contributed by atoms with Gasteiger partial charge in [-0.1, -0.05) is 12.1 Å². The van der Waals surface area contributed by atoms with Gasteiger partial charge < -0.3 is 9.64 Å². The molecule has 1 amide bonds. The summed E-state index contributed by atoms with van der Waals surface area (Å²) in [7, 11) is 0. The molecular weight excluding hydrogens is 307 g/mol.